The SMILES string of the molecule is CC(C)OC1(CC(=O)O)CCOC1. The van der Waals surface area contributed by atoms with E-state index >= 15 is 0 Å². The first kappa shape index (κ1) is 10.5. The number of aliphatic carboxylic acids is 1. The van der Waals surface area contributed by atoms with Crippen LogP contribution in [0.25, 0.3) is 0 Å². The van der Waals surface area contributed by atoms with Crippen molar-refractivity contribution in [2.24, 2.45) is 0 Å². The van der Waals surface area contributed by atoms with Gasteiger partial charge in [-0.25, -0.2) is 0 Å². The first-order chi connectivity index (χ1) is 6.04. The minimum absolute atomic E-state index is 0.0329. The van der Waals surface area contributed by atoms with Crippen LogP contribution in [0, 0.1) is 0 Å². The van der Waals surface area contributed by atoms with Crippen LogP contribution in [0.2, 0.25) is 0 Å². The monoisotopic (exact) mass is 188 g/mol. The lowest BCUT2D eigenvalue weighted by Gasteiger charge is -2.28. The quantitative estimate of drug-likeness (QED) is 0.716. The Labute approximate surface area is 77.8 Å². The van der Waals surface area contributed by atoms with E-state index in [9.17, 15) is 4.79 Å². The van der Waals surface area contributed by atoms with Gasteiger partial charge >= 0.3 is 5.97 Å². The summed E-state index contributed by atoms with van der Waals surface area (Å²) < 4.78 is 10.8. The highest BCUT2D eigenvalue weighted by atomic mass is 16.6. The summed E-state index contributed by atoms with van der Waals surface area (Å²) in [5.41, 5.74) is -0.583. The molecule has 4 heteroatoms. The van der Waals surface area contributed by atoms with E-state index < -0.39 is 11.6 Å². The normalized spacial score (nSPS) is 28.2. The highest BCUT2D eigenvalue weighted by molar-refractivity contribution is 5.68. The fourth-order valence-electron chi connectivity index (χ4n) is 1.64. The maximum atomic E-state index is 10.6. The van der Waals surface area contributed by atoms with E-state index in [1.165, 1.54) is 0 Å². The van der Waals surface area contributed by atoms with E-state index in [2.05, 4.69) is 0 Å². The smallest absolute Gasteiger partial charge is 0.306 e. The van der Waals surface area contributed by atoms with Crippen LogP contribution in [0.15, 0.2) is 0 Å². The first-order valence-corrected chi connectivity index (χ1v) is 4.51. The molecule has 1 rings (SSSR count). The van der Waals surface area contributed by atoms with Gasteiger partial charge in [0.15, 0.2) is 0 Å². The zero-order valence-electron chi connectivity index (χ0n) is 8.08. The zero-order valence-corrected chi connectivity index (χ0v) is 8.08. The summed E-state index contributed by atoms with van der Waals surface area (Å²) in [4.78, 5) is 10.6. The molecule has 1 aliphatic heterocycles. The molecule has 1 atom stereocenters. The molecule has 0 aromatic heterocycles. The molecule has 0 aromatic carbocycles. The highest BCUT2D eigenvalue weighted by Gasteiger charge is 2.38. The molecule has 0 spiro atoms. The van der Waals surface area contributed by atoms with Gasteiger partial charge in [0.2, 0.25) is 0 Å². The number of carboxylic acid groups (broad SMARTS) is 1. The van der Waals surface area contributed by atoms with E-state index in [0.717, 1.165) is 0 Å². The molecule has 13 heavy (non-hydrogen) atoms. The predicted octanol–water partition coefficient (Wildman–Crippen LogP) is 1.05. The first-order valence-electron chi connectivity index (χ1n) is 4.51. The van der Waals surface area contributed by atoms with Gasteiger partial charge in [-0.1, -0.05) is 0 Å². The maximum Gasteiger partial charge on any atom is 0.306 e. The van der Waals surface area contributed by atoms with Crippen LogP contribution in [0.1, 0.15) is 26.7 Å². The second-order valence-electron chi connectivity index (χ2n) is 3.72. The number of ether oxygens (including phenoxy) is 2. The molecule has 4 nitrogen and oxygen atoms in total. The summed E-state index contributed by atoms with van der Waals surface area (Å²) in [6, 6.07) is 0. The van der Waals surface area contributed by atoms with E-state index in [1.807, 2.05) is 13.8 Å². The third-order valence-corrected chi connectivity index (χ3v) is 2.03. The summed E-state index contributed by atoms with van der Waals surface area (Å²) in [5.74, 6) is -0.828. The average molecular weight is 188 g/mol. The lowest BCUT2D eigenvalue weighted by Crippen LogP contribution is -2.38. The number of rotatable bonds is 4. The fraction of sp³-hybridized carbons (Fsp3) is 0.889. The van der Waals surface area contributed by atoms with Crippen LogP contribution in [0.5, 0.6) is 0 Å². The fourth-order valence-corrected chi connectivity index (χ4v) is 1.64. The minimum Gasteiger partial charge on any atom is -0.481 e. The number of carbonyl (C=O) groups is 1. The molecule has 0 aliphatic carbocycles. The van der Waals surface area contributed by atoms with Crippen molar-refractivity contribution >= 4 is 5.97 Å². The Morgan fingerprint density at radius 1 is 1.69 bits per heavy atom. The summed E-state index contributed by atoms with van der Waals surface area (Å²) >= 11 is 0. The van der Waals surface area contributed by atoms with Crippen LogP contribution in [-0.4, -0.2) is 36.0 Å². The molecule has 1 unspecified atom stereocenters. The Morgan fingerprint density at radius 2 is 2.38 bits per heavy atom. The largest absolute Gasteiger partial charge is 0.481 e. The molecule has 1 N–H and O–H groups in total. The van der Waals surface area contributed by atoms with Crippen molar-refractivity contribution in [3.05, 3.63) is 0 Å². The number of carboxylic acids is 1. The molecule has 1 aliphatic rings. The Morgan fingerprint density at radius 3 is 2.77 bits per heavy atom. The van der Waals surface area contributed by atoms with Gasteiger partial charge in [-0.05, 0) is 13.8 Å². The van der Waals surface area contributed by atoms with Gasteiger partial charge in [0.1, 0.15) is 5.60 Å². The standard InChI is InChI=1S/C9H16O4/c1-7(2)13-9(5-8(10)11)3-4-12-6-9/h7H,3-6H2,1-2H3,(H,10,11). The third kappa shape index (κ3) is 2.97. The summed E-state index contributed by atoms with van der Waals surface area (Å²) in [5, 5.41) is 8.72. The second-order valence-corrected chi connectivity index (χ2v) is 3.72. The maximum absolute atomic E-state index is 10.6. The summed E-state index contributed by atoms with van der Waals surface area (Å²) in [6.45, 7) is 4.81. The summed E-state index contributed by atoms with van der Waals surface area (Å²) in [6.07, 6.45) is 0.754. The van der Waals surface area contributed by atoms with Gasteiger partial charge in [-0.15, -0.1) is 0 Å². The lowest BCUT2D eigenvalue weighted by atomic mass is 9.98. The molecule has 0 bridgehead atoms. The minimum atomic E-state index is -0.828. The van der Waals surface area contributed by atoms with Crippen molar-refractivity contribution in [1.29, 1.82) is 0 Å². The Hall–Kier alpha value is -0.610. The van der Waals surface area contributed by atoms with Crippen molar-refractivity contribution in [2.75, 3.05) is 13.2 Å². The topological polar surface area (TPSA) is 55.8 Å². The molecular formula is C9H16O4. The molecule has 76 valence electrons. The molecule has 0 radical (unpaired) electrons. The second kappa shape index (κ2) is 4.07. The zero-order chi connectivity index (χ0) is 9.90. The lowest BCUT2D eigenvalue weighted by molar-refractivity contribution is -0.149. The molecular weight excluding hydrogens is 172 g/mol. The van der Waals surface area contributed by atoms with E-state index in [0.29, 0.717) is 19.6 Å². The molecule has 1 heterocycles. The average Bonchev–Trinajstić information content (AvgIpc) is 2.33. The Balaban J connectivity index is 2.57. The van der Waals surface area contributed by atoms with E-state index in [-0.39, 0.29) is 12.5 Å². The van der Waals surface area contributed by atoms with E-state index in [1.54, 1.807) is 0 Å². The summed E-state index contributed by atoms with van der Waals surface area (Å²) in [7, 11) is 0. The van der Waals surface area contributed by atoms with Gasteiger partial charge in [0.25, 0.3) is 0 Å². The van der Waals surface area contributed by atoms with Crippen LogP contribution in [0.4, 0.5) is 0 Å². The molecule has 0 aromatic rings. The van der Waals surface area contributed by atoms with Gasteiger partial charge < -0.3 is 14.6 Å². The van der Waals surface area contributed by atoms with Gasteiger partial charge in [0.05, 0.1) is 19.1 Å². The van der Waals surface area contributed by atoms with Crippen molar-refractivity contribution in [3.8, 4) is 0 Å². The van der Waals surface area contributed by atoms with Crippen LogP contribution >= 0.6 is 0 Å². The predicted molar refractivity (Wildman–Crippen MR) is 46.6 cm³/mol. The van der Waals surface area contributed by atoms with Crippen molar-refractivity contribution < 1.29 is 19.4 Å². The van der Waals surface area contributed by atoms with Crippen LogP contribution in [-0.2, 0) is 14.3 Å². The molecule has 1 saturated heterocycles. The van der Waals surface area contributed by atoms with Crippen LogP contribution < -0.4 is 0 Å². The highest BCUT2D eigenvalue weighted by Crippen LogP contribution is 2.28. The molecule has 0 saturated carbocycles. The van der Waals surface area contributed by atoms with Crippen LogP contribution in [0.3, 0.4) is 0 Å². The van der Waals surface area contributed by atoms with Crippen molar-refractivity contribution in [2.45, 2.75) is 38.4 Å². The number of hydrogen-bond acceptors (Lipinski definition) is 3. The Bertz CT molecular complexity index is 182. The van der Waals surface area contributed by atoms with Gasteiger partial charge in [-0.3, -0.25) is 4.79 Å². The van der Waals surface area contributed by atoms with Gasteiger partial charge in [0, 0.05) is 13.0 Å². The Kier molecular flexibility index (Phi) is 3.27. The van der Waals surface area contributed by atoms with Gasteiger partial charge in [-0.2, -0.15) is 0 Å². The third-order valence-electron chi connectivity index (χ3n) is 2.03. The van der Waals surface area contributed by atoms with E-state index in [4.69, 9.17) is 14.6 Å². The van der Waals surface area contributed by atoms with Crippen molar-refractivity contribution in [3.63, 3.8) is 0 Å². The molecule has 0 amide bonds. The van der Waals surface area contributed by atoms with Crippen molar-refractivity contribution in [1.82, 2.24) is 0 Å². The molecule has 1 fully saturated rings. The number of hydrogen-bond donors (Lipinski definition) is 1.